The van der Waals surface area contributed by atoms with Crippen molar-refractivity contribution in [3.63, 3.8) is 0 Å². The maximum absolute atomic E-state index is 12.1. The Hall–Kier alpha value is -1.32. The second-order valence-corrected chi connectivity index (χ2v) is 7.97. The zero-order chi connectivity index (χ0) is 19.7. The van der Waals surface area contributed by atoms with Crippen molar-refractivity contribution in [1.82, 2.24) is 0 Å². The Balaban J connectivity index is 1.91. The van der Waals surface area contributed by atoms with Crippen LogP contribution in [-0.2, 0) is 14.3 Å². The number of rotatable bonds is 16. The number of carbonyl (C=O) groups excluding carboxylic acids is 1. The van der Waals surface area contributed by atoms with Gasteiger partial charge in [-0.3, -0.25) is 9.59 Å². The molecule has 2 unspecified atom stereocenters. The normalized spacial score (nSPS) is 19.6. The van der Waals surface area contributed by atoms with Crippen molar-refractivity contribution in [3.8, 4) is 0 Å². The van der Waals surface area contributed by atoms with Crippen molar-refractivity contribution >= 4 is 11.9 Å². The van der Waals surface area contributed by atoms with E-state index in [9.17, 15) is 14.7 Å². The van der Waals surface area contributed by atoms with E-state index in [-0.39, 0.29) is 5.97 Å². The van der Waals surface area contributed by atoms with E-state index in [4.69, 9.17) is 4.74 Å². The van der Waals surface area contributed by atoms with Gasteiger partial charge in [-0.1, -0.05) is 76.7 Å². The Morgan fingerprint density at radius 2 is 1.30 bits per heavy atom. The summed E-state index contributed by atoms with van der Waals surface area (Å²) in [6, 6.07) is 0. The Kier molecular flexibility index (Phi) is 13.8. The van der Waals surface area contributed by atoms with Crippen LogP contribution < -0.4 is 0 Å². The number of hydrogen-bond acceptors (Lipinski definition) is 3. The Morgan fingerprint density at radius 1 is 0.815 bits per heavy atom. The van der Waals surface area contributed by atoms with Gasteiger partial charge in [0.1, 0.15) is 0 Å². The summed E-state index contributed by atoms with van der Waals surface area (Å²) in [6.45, 7) is 4.19. The van der Waals surface area contributed by atoms with Crippen LogP contribution in [0.4, 0.5) is 0 Å². The first kappa shape index (κ1) is 23.7. The van der Waals surface area contributed by atoms with Crippen molar-refractivity contribution in [2.45, 2.75) is 103 Å². The predicted molar refractivity (Wildman–Crippen MR) is 110 cm³/mol. The molecule has 4 heteroatoms. The van der Waals surface area contributed by atoms with Crippen LogP contribution in [-0.4, -0.2) is 23.7 Å². The average Bonchev–Trinajstić information content (AvgIpc) is 2.68. The van der Waals surface area contributed by atoms with E-state index in [1.54, 1.807) is 0 Å². The summed E-state index contributed by atoms with van der Waals surface area (Å²) in [5.74, 6) is -2.13. The zero-order valence-corrected chi connectivity index (χ0v) is 17.1. The van der Waals surface area contributed by atoms with Crippen LogP contribution in [0.1, 0.15) is 103 Å². The number of hydrogen-bond donors (Lipinski definition) is 1. The molecule has 0 radical (unpaired) electrons. The minimum atomic E-state index is -0.853. The summed E-state index contributed by atoms with van der Waals surface area (Å²) in [7, 11) is 0. The van der Waals surface area contributed by atoms with Crippen LogP contribution >= 0.6 is 0 Å². The van der Waals surface area contributed by atoms with E-state index in [0.29, 0.717) is 19.4 Å². The Labute approximate surface area is 165 Å². The lowest BCUT2D eigenvalue weighted by Crippen LogP contribution is -2.33. The first-order chi connectivity index (χ1) is 13.2. The number of carboxylic acids is 1. The van der Waals surface area contributed by atoms with Crippen molar-refractivity contribution in [3.05, 3.63) is 12.7 Å². The van der Waals surface area contributed by atoms with Gasteiger partial charge in [-0.15, -0.1) is 6.58 Å². The van der Waals surface area contributed by atoms with Crippen LogP contribution in [0.25, 0.3) is 0 Å². The first-order valence-electron chi connectivity index (χ1n) is 11.2. The topological polar surface area (TPSA) is 63.6 Å². The van der Waals surface area contributed by atoms with E-state index in [1.165, 1.54) is 57.8 Å². The third-order valence-corrected chi connectivity index (χ3v) is 5.68. The third kappa shape index (κ3) is 11.2. The van der Waals surface area contributed by atoms with Gasteiger partial charge < -0.3 is 9.84 Å². The van der Waals surface area contributed by atoms with E-state index < -0.39 is 17.8 Å². The highest BCUT2D eigenvalue weighted by molar-refractivity contribution is 5.81. The number of carboxylic acid groups (broad SMARTS) is 1. The molecule has 0 saturated heterocycles. The molecule has 0 aromatic heterocycles. The molecule has 1 rings (SSSR count). The van der Waals surface area contributed by atoms with Crippen LogP contribution in [0, 0.1) is 11.8 Å². The number of unbranched alkanes of at least 4 members (excludes halogenated alkanes) is 11. The Morgan fingerprint density at radius 3 is 1.81 bits per heavy atom. The van der Waals surface area contributed by atoms with Gasteiger partial charge in [0.05, 0.1) is 18.4 Å². The predicted octanol–water partition coefficient (Wildman–Crippen LogP) is 6.29. The second-order valence-electron chi connectivity index (χ2n) is 7.97. The summed E-state index contributed by atoms with van der Waals surface area (Å²) >= 11 is 0. The van der Waals surface area contributed by atoms with Crippen molar-refractivity contribution < 1.29 is 19.4 Å². The molecule has 1 aliphatic rings. The highest BCUT2D eigenvalue weighted by Gasteiger charge is 2.36. The fourth-order valence-corrected chi connectivity index (χ4v) is 3.97. The molecule has 0 heterocycles. The van der Waals surface area contributed by atoms with Gasteiger partial charge in [0.2, 0.25) is 0 Å². The molecule has 0 amide bonds. The Bertz CT molecular complexity index is 419. The molecule has 1 saturated carbocycles. The van der Waals surface area contributed by atoms with E-state index in [0.717, 1.165) is 32.1 Å². The molecule has 27 heavy (non-hydrogen) atoms. The monoisotopic (exact) mass is 380 g/mol. The van der Waals surface area contributed by atoms with Gasteiger partial charge in [0, 0.05) is 0 Å². The minimum Gasteiger partial charge on any atom is -0.481 e. The number of aliphatic carboxylic acids is 1. The summed E-state index contributed by atoms with van der Waals surface area (Å²) in [5.41, 5.74) is 0. The standard InChI is InChI=1S/C23H40O4/c1-2-3-4-5-6-7-8-9-10-11-12-13-16-19-27-23(26)21-18-15-14-17-20(21)22(24)25/h2,20-21H,1,3-19H2,(H,24,25). The summed E-state index contributed by atoms with van der Waals surface area (Å²) < 4.78 is 5.35. The quantitative estimate of drug-likeness (QED) is 0.194. The van der Waals surface area contributed by atoms with E-state index in [2.05, 4.69) is 6.58 Å². The maximum Gasteiger partial charge on any atom is 0.309 e. The van der Waals surface area contributed by atoms with Gasteiger partial charge >= 0.3 is 11.9 Å². The molecule has 0 aliphatic heterocycles. The smallest absolute Gasteiger partial charge is 0.309 e. The number of carbonyl (C=O) groups is 2. The van der Waals surface area contributed by atoms with Crippen LogP contribution in [0.15, 0.2) is 12.7 Å². The fourth-order valence-electron chi connectivity index (χ4n) is 3.97. The first-order valence-corrected chi connectivity index (χ1v) is 11.2. The molecule has 1 fully saturated rings. The van der Waals surface area contributed by atoms with Gasteiger partial charge in [0.15, 0.2) is 0 Å². The molecule has 0 spiro atoms. The maximum atomic E-state index is 12.1. The number of ether oxygens (including phenoxy) is 1. The summed E-state index contributed by atoms with van der Waals surface area (Å²) in [4.78, 5) is 23.4. The van der Waals surface area contributed by atoms with Crippen LogP contribution in [0.2, 0.25) is 0 Å². The van der Waals surface area contributed by atoms with Crippen molar-refractivity contribution in [2.75, 3.05) is 6.61 Å². The van der Waals surface area contributed by atoms with Crippen molar-refractivity contribution in [1.29, 1.82) is 0 Å². The highest BCUT2D eigenvalue weighted by atomic mass is 16.5. The summed E-state index contributed by atoms with van der Waals surface area (Å²) in [5, 5.41) is 9.24. The largest absolute Gasteiger partial charge is 0.481 e. The lowest BCUT2D eigenvalue weighted by atomic mass is 9.79. The number of allylic oxidation sites excluding steroid dienone is 1. The average molecular weight is 381 g/mol. The van der Waals surface area contributed by atoms with E-state index in [1.807, 2.05) is 6.08 Å². The van der Waals surface area contributed by atoms with Crippen LogP contribution in [0.5, 0.6) is 0 Å². The van der Waals surface area contributed by atoms with Gasteiger partial charge in [-0.05, 0) is 32.1 Å². The summed E-state index contributed by atoms with van der Waals surface area (Å²) in [6.07, 6.45) is 20.0. The molecule has 0 aromatic carbocycles. The minimum absolute atomic E-state index is 0.296. The third-order valence-electron chi connectivity index (χ3n) is 5.68. The molecule has 0 aromatic rings. The SMILES string of the molecule is C=CCCCCCCCCCCCCCOC(=O)C1CCCCC1C(=O)O. The zero-order valence-electron chi connectivity index (χ0n) is 17.1. The van der Waals surface area contributed by atoms with Gasteiger partial charge in [-0.2, -0.15) is 0 Å². The van der Waals surface area contributed by atoms with Crippen LogP contribution in [0.3, 0.4) is 0 Å². The van der Waals surface area contributed by atoms with Gasteiger partial charge in [-0.25, -0.2) is 0 Å². The lowest BCUT2D eigenvalue weighted by molar-refractivity contribution is -0.159. The lowest BCUT2D eigenvalue weighted by Gasteiger charge is -2.26. The molecule has 1 N–H and O–H groups in total. The number of esters is 1. The molecular formula is C23H40O4. The molecule has 1 aliphatic carbocycles. The van der Waals surface area contributed by atoms with E-state index >= 15 is 0 Å². The molecule has 156 valence electrons. The van der Waals surface area contributed by atoms with Gasteiger partial charge in [0.25, 0.3) is 0 Å². The molecule has 2 atom stereocenters. The molecular weight excluding hydrogens is 340 g/mol. The second kappa shape index (κ2) is 15.7. The fraction of sp³-hybridized carbons (Fsp3) is 0.826. The van der Waals surface area contributed by atoms with Crippen molar-refractivity contribution in [2.24, 2.45) is 11.8 Å². The highest BCUT2D eigenvalue weighted by Crippen LogP contribution is 2.31. The molecule has 4 nitrogen and oxygen atoms in total. The molecule has 0 bridgehead atoms.